The summed E-state index contributed by atoms with van der Waals surface area (Å²) in [6.07, 6.45) is 1.45. The third kappa shape index (κ3) is 4.97. The Morgan fingerprint density at radius 2 is 1.68 bits per heavy atom. The molecule has 1 saturated heterocycles. The van der Waals surface area contributed by atoms with Crippen LogP contribution in [0.15, 0.2) is 54.7 Å². The van der Waals surface area contributed by atoms with E-state index >= 15 is 0 Å². The number of carbonyl (C=O) groups is 3. The number of hydrogen-bond acceptors (Lipinski definition) is 8. The highest BCUT2D eigenvalue weighted by atomic mass is 16.5. The largest absolute Gasteiger partial charge is 0.464 e. The van der Waals surface area contributed by atoms with E-state index in [1.165, 1.54) is 17.9 Å². The molecule has 37 heavy (non-hydrogen) atoms. The van der Waals surface area contributed by atoms with Gasteiger partial charge in [-0.25, -0.2) is 9.59 Å². The van der Waals surface area contributed by atoms with Gasteiger partial charge in [0, 0.05) is 37.9 Å². The zero-order valence-corrected chi connectivity index (χ0v) is 20.6. The van der Waals surface area contributed by atoms with E-state index in [2.05, 4.69) is 4.90 Å². The molecule has 0 atom stereocenters. The molecule has 1 aromatic heterocycles. The van der Waals surface area contributed by atoms with Crippen LogP contribution >= 0.6 is 0 Å². The average Bonchev–Trinajstić information content (AvgIpc) is 3.28. The van der Waals surface area contributed by atoms with E-state index in [9.17, 15) is 19.6 Å². The molecule has 0 spiro atoms. The first-order valence-corrected chi connectivity index (χ1v) is 11.8. The number of nitrogens with zero attached hydrogens (tertiary/aromatic N) is 4. The number of esters is 2. The number of methoxy groups -OCH3 is 1. The molecule has 0 aliphatic carbocycles. The molecule has 3 aromatic rings. The van der Waals surface area contributed by atoms with Crippen LogP contribution in [0.25, 0.3) is 5.69 Å². The summed E-state index contributed by atoms with van der Waals surface area (Å²) < 4.78 is 11.6. The van der Waals surface area contributed by atoms with Gasteiger partial charge >= 0.3 is 11.9 Å². The standard InChI is InChI=1S/C27H27N5O5/c1-3-37-26(34)19-9-10-21(22(15-19)32-17-20(16-28)23(29)24(32)27(35)36-2)30-11-13-31(14-12-30)25(33)18-7-5-4-6-8-18/h4-10,15,17H,3,11-14,29H2,1-2H3. The normalized spacial score (nSPS) is 13.1. The maximum atomic E-state index is 12.9. The number of aromatic nitrogens is 1. The smallest absolute Gasteiger partial charge is 0.357 e. The van der Waals surface area contributed by atoms with E-state index < -0.39 is 11.9 Å². The van der Waals surface area contributed by atoms with Gasteiger partial charge in [-0.1, -0.05) is 18.2 Å². The van der Waals surface area contributed by atoms with Crippen molar-refractivity contribution in [1.82, 2.24) is 9.47 Å². The quantitative estimate of drug-likeness (QED) is 0.510. The fourth-order valence-corrected chi connectivity index (χ4v) is 4.34. The number of hydrogen-bond donors (Lipinski definition) is 1. The Bertz CT molecular complexity index is 1370. The van der Waals surface area contributed by atoms with Crippen molar-refractivity contribution in [3.05, 3.63) is 77.1 Å². The lowest BCUT2D eigenvalue weighted by Gasteiger charge is -2.37. The maximum Gasteiger partial charge on any atom is 0.357 e. The second kappa shape index (κ2) is 10.9. The van der Waals surface area contributed by atoms with Crippen molar-refractivity contribution in [2.45, 2.75) is 6.92 Å². The Balaban J connectivity index is 1.72. The number of amides is 1. The van der Waals surface area contributed by atoms with Gasteiger partial charge in [-0.2, -0.15) is 5.26 Å². The van der Waals surface area contributed by atoms with E-state index in [4.69, 9.17) is 15.2 Å². The summed E-state index contributed by atoms with van der Waals surface area (Å²) in [7, 11) is 1.23. The summed E-state index contributed by atoms with van der Waals surface area (Å²) in [4.78, 5) is 41.9. The lowest BCUT2D eigenvalue weighted by molar-refractivity contribution is 0.0525. The second-order valence-corrected chi connectivity index (χ2v) is 8.35. The number of piperazine rings is 1. The van der Waals surface area contributed by atoms with Crippen molar-refractivity contribution in [3.63, 3.8) is 0 Å². The number of rotatable bonds is 6. The fourth-order valence-electron chi connectivity index (χ4n) is 4.34. The molecular formula is C27H27N5O5. The molecule has 2 heterocycles. The fraction of sp³-hybridized carbons (Fsp3) is 0.259. The molecule has 0 bridgehead atoms. The summed E-state index contributed by atoms with van der Waals surface area (Å²) in [6.45, 7) is 3.90. The predicted molar refractivity (Wildman–Crippen MR) is 137 cm³/mol. The highest BCUT2D eigenvalue weighted by Gasteiger charge is 2.28. The van der Waals surface area contributed by atoms with Crippen LogP contribution < -0.4 is 10.6 Å². The maximum absolute atomic E-state index is 12.9. The zero-order chi connectivity index (χ0) is 26.5. The summed E-state index contributed by atoms with van der Waals surface area (Å²) in [5.41, 5.74) is 8.26. The van der Waals surface area contributed by atoms with Crippen LogP contribution in [-0.4, -0.2) is 67.2 Å². The number of nitriles is 1. The number of nitrogens with two attached hydrogens (primary N) is 1. The van der Waals surface area contributed by atoms with Crippen molar-refractivity contribution >= 4 is 29.2 Å². The van der Waals surface area contributed by atoms with Gasteiger partial charge in [0.1, 0.15) is 6.07 Å². The van der Waals surface area contributed by atoms with Crippen molar-refractivity contribution in [3.8, 4) is 11.8 Å². The first-order valence-electron chi connectivity index (χ1n) is 11.8. The second-order valence-electron chi connectivity index (χ2n) is 8.35. The first kappa shape index (κ1) is 25.3. The third-order valence-electron chi connectivity index (χ3n) is 6.22. The number of carbonyl (C=O) groups excluding carboxylic acids is 3. The minimum atomic E-state index is -0.718. The molecule has 1 aliphatic heterocycles. The van der Waals surface area contributed by atoms with Crippen LogP contribution in [0.5, 0.6) is 0 Å². The van der Waals surface area contributed by atoms with Crippen molar-refractivity contribution in [2.75, 3.05) is 50.5 Å². The lowest BCUT2D eigenvalue weighted by Crippen LogP contribution is -2.49. The number of nitrogen functional groups attached to an aromatic ring is 1. The Kier molecular flexibility index (Phi) is 7.44. The number of ether oxygens (including phenoxy) is 2. The van der Waals surface area contributed by atoms with Crippen LogP contribution in [0.3, 0.4) is 0 Å². The Labute approximate surface area is 214 Å². The summed E-state index contributed by atoms with van der Waals surface area (Å²) >= 11 is 0. The van der Waals surface area contributed by atoms with E-state index in [1.54, 1.807) is 42.2 Å². The van der Waals surface area contributed by atoms with E-state index in [0.717, 1.165) is 0 Å². The number of anilines is 2. The Morgan fingerprint density at radius 3 is 2.30 bits per heavy atom. The monoisotopic (exact) mass is 501 g/mol. The Morgan fingerprint density at radius 1 is 0.973 bits per heavy atom. The molecule has 0 radical (unpaired) electrons. The number of benzene rings is 2. The van der Waals surface area contributed by atoms with Gasteiger partial charge in [0.05, 0.1) is 41.9 Å². The predicted octanol–water partition coefficient (Wildman–Crippen LogP) is 2.86. The SMILES string of the molecule is CCOC(=O)c1ccc(N2CCN(C(=O)c3ccccc3)CC2)c(-n2cc(C#N)c(N)c2C(=O)OC)c1. The van der Waals surface area contributed by atoms with Crippen LogP contribution in [-0.2, 0) is 9.47 Å². The van der Waals surface area contributed by atoms with E-state index in [0.29, 0.717) is 43.1 Å². The molecule has 2 N–H and O–H groups in total. The van der Waals surface area contributed by atoms with Crippen molar-refractivity contribution in [2.24, 2.45) is 0 Å². The average molecular weight is 502 g/mol. The van der Waals surface area contributed by atoms with Gasteiger partial charge in [0.2, 0.25) is 0 Å². The van der Waals surface area contributed by atoms with Gasteiger partial charge in [0.15, 0.2) is 5.69 Å². The molecular weight excluding hydrogens is 474 g/mol. The molecule has 1 aliphatic rings. The van der Waals surface area contributed by atoms with E-state index in [1.807, 2.05) is 24.3 Å². The minimum Gasteiger partial charge on any atom is -0.464 e. The molecule has 1 fully saturated rings. The molecule has 10 heteroatoms. The third-order valence-corrected chi connectivity index (χ3v) is 6.22. The highest BCUT2D eigenvalue weighted by molar-refractivity contribution is 5.97. The molecule has 2 aromatic carbocycles. The van der Waals surface area contributed by atoms with Crippen LogP contribution in [0, 0.1) is 11.3 Å². The topological polar surface area (TPSA) is 131 Å². The summed E-state index contributed by atoms with van der Waals surface area (Å²) in [5.74, 6) is -1.28. The van der Waals surface area contributed by atoms with Crippen molar-refractivity contribution in [1.29, 1.82) is 5.26 Å². The van der Waals surface area contributed by atoms with Gasteiger partial charge < -0.3 is 29.6 Å². The van der Waals surface area contributed by atoms with Gasteiger partial charge in [-0.3, -0.25) is 4.79 Å². The molecule has 0 unspecified atom stereocenters. The first-order chi connectivity index (χ1) is 17.9. The van der Waals surface area contributed by atoms with Crippen LogP contribution in [0.2, 0.25) is 0 Å². The zero-order valence-electron chi connectivity index (χ0n) is 20.6. The van der Waals surface area contributed by atoms with Crippen molar-refractivity contribution < 1.29 is 23.9 Å². The Hall–Kier alpha value is -4.78. The van der Waals surface area contributed by atoms with Gasteiger partial charge in [-0.15, -0.1) is 0 Å². The van der Waals surface area contributed by atoms with E-state index in [-0.39, 0.29) is 35.0 Å². The molecule has 4 rings (SSSR count). The summed E-state index contributed by atoms with van der Waals surface area (Å²) in [6, 6.07) is 16.1. The lowest BCUT2D eigenvalue weighted by atomic mass is 10.1. The molecule has 10 nitrogen and oxygen atoms in total. The minimum absolute atomic E-state index is 0.0138. The molecule has 190 valence electrons. The van der Waals surface area contributed by atoms with Gasteiger partial charge in [0.25, 0.3) is 5.91 Å². The van der Waals surface area contributed by atoms with Gasteiger partial charge in [-0.05, 0) is 37.3 Å². The van der Waals surface area contributed by atoms with Crippen LogP contribution in [0.4, 0.5) is 11.4 Å². The molecule has 1 amide bonds. The summed E-state index contributed by atoms with van der Waals surface area (Å²) in [5, 5.41) is 9.55. The highest BCUT2D eigenvalue weighted by Crippen LogP contribution is 2.32. The molecule has 0 saturated carbocycles. The van der Waals surface area contributed by atoms with Crippen LogP contribution in [0.1, 0.15) is 43.7 Å².